The molecular formula is C12H20N4O. The normalized spacial score (nSPS) is 11.6. The van der Waals surface area contributed by atoms with Crippen molar-refractivity contribution in [2.24, 2.45) is 16.6 Å². The van der Waals surface area contributed by atoms with Gasteiger partial charge in [0.25, 0.3) is 0 Å². The lowest BCUT2D eigenvalue weighted by Crippen LogP contribution is -2.34. The third-order valence-electron chi connectivity index (χ3n) is 2.09. The average molecular weight is 236 g/mol. The Hall–Kier alpha value is -1.78. The maximum atomic E-state index is 5.72. The molecule has 0 aromatic carbocycles. The van der Waals surface area contributed by atoms with E-state index in [9.17, 15) is 0 Å². The van der Waals surface area contributed by atoms with Crippen LogP contribution in [-0.4, -0.2) is 24.6 Å². The van der Waals surface area contributed by atoms with Gasteiger partial charge in [0, 0.05) is 12.6 Å². The van der Waals surface area contributed by atoms with Crippen LogP contribution in [0.25, 0.3) is 0 Å². The minimum absolute atomic E-state index is 0.448. The van der Waals surface area contributed by atoms with Crippen LogP contribution in [0.5, 0.6) is 5.88 Å². The molecule has 5 heteroatoms. The molecule has 5 nitrogen and oxygen atoms in total. The van der Waals surface area contributed by atoms with Crippen LogP contribution in [0, 0.1) is 5.92 Å². The number of rotatable bonds is 5. The highest BCUT2D eigenvalue weighted by molar-refractivity contribution is 5.77. The van der Waals surface area contributed by atoms with Crippen molar-refractivity contribution in [3.63, 3.8) is 0 Å². The van der Waals surface area contributed by atoms with Crippen molar-refractivity contribution in [3.8, 4) is 5.88 Å². The molecule has 0 radical (unpaired) electrons. The predicted molar refractivity (Wildman–Crippen MR) is 69.0 cm³/mol. The number of nitrogens with two attached hydrogens (primary N) is 1. The minimum atomic E-state index is 0.448. The summed E-state index contributed by atoms with van der Waals surface area (Å²) in [5.41, 5.74) is 6.55. The minimum Gasteiger partial charge on any atom is -0.481 e. The third kappa shape index (κ3) is 5.19. The summed E-state index contributed by atoms with van der Waals surface area (Å²) in [7, 11) is 1.59. The molecule has 1 heterocycles. The van der Waals surface area contributed by atoms with E-state index < -0.39 is 0 Å². The van der Waals surface area contributed by atoms with E-state index in [0.29, 0.717) is 24.3 Å². The van der Waals surface area contributed by atoms with Crippen molar-refractivity contribution in [1.29, 1.82) is 0 Å². The maximum absolute atomic E-state index is 5.72. The summed E-state index contributed by atoms with van der Waals surface area (Å²) in [6.07, 6.45) is 0. The van der Waals surface area contributed by atoms with Crippen LogP contribution in [0.4, 0.5) is 0 Å². The summed E-state index contributed by atoms with van der Waals surface area (Å²) in [6, 6.07) is 5.57. The second-order valence-corrected chi connectivity index (χ2v) is 4.15. The molecule has 1 rings (SSSR count). The van der Waals surface area contributed by atoms with Gasteiger partial charge < -0.3 is 15.8 Å². The lowest BCUT2D eigenvalue weighted by molar-refractivity contribution is 0.396. The number of nitrogens with zero attached hydrogens (tertiary/aromatic N) is 2. The molecule has 0 aliphatic rings. The van der Waals surface area contributed by atoms with Gasteiger partial charge in [0.1, 0.15) is 0 Å². The number of methoxy groups -OCH3 is 1. The van der Waals surface area contributed by atoms with Crippen LogP contribution < -0.4 is 15.8 Å². The first-order chi connectivity index (χ1) is 8.11. The molecule has 0 spiro atoms. The summed E-state index contributed by atoms with van der Waals surface area (Å²) in [4.78, 5) is 8.45. The number of hydrogen-bond acceptors (Lipinski definition) is 3. The Morgan fingerprint density at radius 1 is 1.53 bits per heavy atom. The van der Waals surface area contributed by atoms with Gasteiger partial charge in [-0.15, -0.1) is 0 Å². The highest BCUT2D eigenvalue weighted by atomic mass is 16.5. The molecule has 0 saturated carbocycles. The first-order valence-electron chi connectivity index (χ1n) is 5.65. The van der Waals surface area contributed by atoms with Crippen LogP contribution in [0.15, 0.2) is 23.2 Å². The maximum Gasteiger partial charge on any atom is 0.213 e. The SMILES string of the molecule is COc1cccc(CN=C(N)NCC(C)C)n1. The smallest absolute Gasteiger partial charge is 0.213 e. The van der Waals surface area contributed by atoms with Crippen molar-refractivity contribution < 1.29 is 4.74 Å². The van der Waals surface area contributed by atoms with E-state index in [1.54, 1.807) is 13.2 Å². The van der Waals surface area contributed by atoms with Crippen LogP contribution in [0.3, 0.4) is 0 Å². The Morgan fingerprint density at radius 2 is 2.29 bits per heavy atom. The lowest BCUT2D eigenvalue weighted by atomic mass is 10.2. The zero-order valence-electron chi connectivity index (χ0n) is 10.6. The molecule has 0 amide bonds. The van der Waals surface area contributed by atoms with Gasteiger partial charge in [-0.25, -0.2) is 9.98 Å². The van der Waals surface area contributed by atoms with Crippen molar-refractivity contribution >= 4 is 5.96 Å². The molecule has 0 aliphatic heterocycles. The summed E-state index contributed by atoms with van der Waals surface area (Å²) in [5, 5.41) is 3.05. The predicted octanol–water partition coefficient (Wildman–Crippen LogP) is 1.15. The second-order valence-electron chi connectivity index (χ2n) is 4.15. The van der Waals surface area contributed by atoms with E-state index in [4.69, 9.17) is 10.5 Å². The topological polar surface area (TPSA) is 72.5 Å². The van der Waals surface area contributed by atoms with Crippen LogP contribution in [0.2, 0.25) is 0 Å². The zero-order valence-corrected chi connectivity index (χ0v) is 10.6. The monoisotopic (exact) mass is 236 g/mol. The van der Waals surface area contributed by atoms with E-state index in [1.807, 2.05) is 12.1 Å². The number of aromatic nitrogens is 1. The first-order valence-corrected chi connectivity index (χ1v) is 5.65. The van der Waals surface area contributed by atoms with E-state index in [1.165, 1.54) is 0 Å². The van der Waals surface area contributed by atoms with Crippen LogP contribution in [0.1, 0.15) is 19.5 Å². The molecule has 0 unspecified atom stereocenters. The molecule has 1 aromatic heterocycles. The van der Waals surface area contributed by atoms with Gasteiger partial charge in [0.2, 0.25) is 5.88 Å². The largest absolute Gasteiger partial charge is 0.481 e. The number of pyridine rings is 1. The summed E-state index contributed by atoms with van der Waals surface area (Å²) in [6.45, 7) is 5.50. The summed E-state index contributed by atoms with van der Waals surface area (Å²) in [5.74, 6) is 1.58. The van der Waals surface area contributed by atoms with E-state index in [2.05, 4.69) is 29.1 Å². The fourth-order valence-corrected chi connectivity index (χ4v) is 1.19. The average Bonchev–Trinajstić information content (AvgIpc) is 2.34. The molecular weight excluding hydrogens is 216 g/mol. The Labute approximate surface area is 102 Å². The molecule has 0 atom stereocenters. The number of nitrogens with one attached hydrogen (secondary N) is 1. The number of hydrogen-bond donors (Lipinski definition) is 2. The van der Waals surface area contributed by atoms with E-state index in [0.717, 1.165) is 12.2 Å². The number of guanidine groups is 1. The molecule has 17 heavy (non-hydrogen) atoms. The number of ether oxygens (including phenoxy) is 1. The Balaban J connectivity index is 2.50. The van der Waals surface area contributed by atoms with Gasteiger partial charge >= 0.3 is 0 Å². The molecule has 1 aromatic rings. The Morgan fingerprint density at radius 3 is 2.94 bits per heavy atom. The molecule has 0 aliphatic carbocycles. The fraction of sp³-hybridized carbons (Fsp3) is 0.500. The van der Waals surface area contributed by atoms with Crippen molar-refractivity contribution in [3.05, 3.63) is 23.9 Å². The van der Waals surface area contributed by atoms with Crippen molar-refractivity contribution in [2.75, 3.05) is 13.7 Å². The zero-order chi connectivity index (χ0) is 12.7. The molecule has 0 bridgehead atoms. The van der Waals surface area contributed by atoms with Crippen LogP contribution in [-0.2, 0) is 6.54 Å². The van der Waals surface area contributed by atoms with Gasteiger partial charge in [-0.2, -0.15) is 0 Å². The van der Waals surface area contributed by atoms with Gasteiger partial charge in [-0.05, 0) is 12.0 Å². The van der Waals surface area contributed by atoms with Crippen molar-refractivity contribution in [1.82, 2.24) is 10.3 Å². The van der Waals surface area contributed by atoms with Crippen LogP contribution >= 0.6 is 0 Å². The molecule has 0 saturated heterocycles. The molecule has 0 fully saturated rings. The Kier molecular flexibility index (Phi) is 5.26. The van der Waals surface area contributed by atoms with E-state index >= 15 is 0 Å². The first kappa shape index (κ1) is 13.3. The van der Waals surface area contributed by atoms with Gasteiger partial charge in [-0.3, -0.25) is 0 Å². The number of aliphatic imine (C=N–C) groups is 1. The summed E-state index contributed by atoms with van der Waals surface area (Å²) >= 11 is 0. The summed E-state index contributed by atoms with van der Waals surface area (Å²) < 4.78 is 5.03. The van der Waals surface area contributed by atoms with Gasteiger partial charge in [0.15, 0.2) is 5.96 Å². The Bertz CT molecular complexity index is 377. The highest BCUT2D eigenvalue weighted by Crippen LogP contribution is 2.07. The van der Waals surface area contributed by atoms with Gasteiger partial charge in [-0.1, -0.05) is 19.9 Å². The highest BCUT2D eigenvalue weighted by Gasteiger charge is 1.98. The fourth-order valence-electron chi connectivity index (χ4n) is 1.19. The third-order valence-corrected chi connectivity index (χ3v) is 2.09. The second kappa shape index (κ2) is 6.73. The molecule has 94 valence electrons. The quantitative estimate of drug-likeness (QED) is 0.594. The van der Waals surface area contributed by atoms with Gasteiger partial charge in [0.05, 0.1) is 19.3 Å². The van der Waals surface area contributed by atoms with E-state index in [-0.39, 0.29) is 0 Å². The molecule has 3 N–H and O–H groups in total. The van der Waals surface area contributed by atoms with Crippen molar-refractivity contribution in [2.45, 2.75) is 20.4 Å². The lowest BCUT2D eigenvalue weighted by Gasteiger charge is -2.07. The standard InChI is InChI=1S/C12H20N4O/c1-9(2)7-14-12(13)15-8-10-5-4-6-11(16-10)17-3/h4-6,9H,7-8H2,1-3H3,(H3,13,14,15).